The molecule has 194 valence electrons. The Kier molecular flexibility index (Phi) is 8.01. The molecule has 7 heteroatoms. The molecule has 0 saturated carbocycles. The molecule has 0 aliphatic heterocycles. The van der Waals surface area contributed by atoms with Gasteiger partial charge in [0.25, 0.3) is 15.9 Å². The van der Waals surface area contributed by atoms with Crippen molar-refractivity contribution in [1.29, 1.82) is 0 Å². The lowest BCUT2D eigenvalue weighted by Gasteiger charge is -2.13. The molecule has 1 aromatic heterocycles. The Morgan fingerprint density at radius 3 is 2.23 bits per heavy atom. The van der Waals surface area contributed by atoms with Gasteiger partial charge >= 0.3 is 0 Å². The maximum absolute atomic E-state index is 12.4. The van der Waals surface area contributed by atoms with E-state index in [1.165, 1.54) is 12.1 Å². The number of sulfonamides is 1. The molecule has 4 aromatic carbocycles. The Balaban J connectivity index is 1.38. The molecule has 5 nitrogen and oxygen atoms in total. The van der Waals surface area contributed by atoms with Crippen LogP contribution in [-0.4, -0.2) is 14.3 Å². The zero-order valence-electron chi connectivity index (χ0n) is 20.9. The number of thiophene rings is 1. The first-order valence-electron chi connectivity index (χ1n) is 12.2. The van der Waals surface area contributed by atoms with Gasteiger partial charge in [-0.3, -0.25) is 4.79 Å². The largest absolute Gasteiger partial charge is 0.488 e. The SMILES string of the molecule is O=C(C=Cc1ccccc1-c1cccc(-c2ccccc2OCc2ccccc2)c1)NS(=O)(=O)c1cccs1. The molecule has 0 aliphatic rings. The Bertz CT molecular complexity index is 1710. The Labute approximate surface area is 232 Å². The molecule has 1 amide bonds. The van der Waals surface area contributed by atoms with Crippen LogP contribution in [0, 0.1) is 0 Å². The normalized spacial score (nSPS) is 11.4. The van der Waals surface area contributed by atoms with E-state index >= 15 is 0 Å². The lowest BCUT2D eigenvalue weighted by Crippen LogP contribution is -2.28. The lowest BCUT2D eigenvalue weighted by molar-refractivity contribution is -0.114. The van der Waals surface area contributed by atoms with Crippen molar-refractivity contribution in [3.63, 3.8) is 0 Å². The molecule has 0 spiro atoms. The minimum Gasteiger partial charge on any atom is -0.488 e. The Morgan fingerprint density at radius 1 is 0.769 bits per heavy atom. The van der Waals surface area contributed by atoms with Gasteiger partial charge in [0.2, 0.25) is 0 Å². The van der Waals surface area contributed by atoms with Crippen molar-refractivity contribution in [2.45, 2.75) is 10.8 Å². The summed E-state index contributed by atoms with van der Waals surface area (Å²) < 4.78 is 33.1. The van der Waals surface area contributed by atoms with Gasteiger partial charge in [-0.15, -0.1) is 11.3 Å². The summed E-state index contributed by atoms with van der Waals surface area (Å²) in [5.41, 5.74) is 5.71. The van der Waals surface area contributed by atoms with E-state index in [9.17, 15) is 13.2 Å². The van der Waals surface area contributed by atoms with Crippen molar-refractivity contribution in [3.05, 3.63) is 138 Å². The first-order valence-corrected chi connectivity index (χ1v) is 14.6. The second-order valence-corrected chi connectivity index (χ2v) is 11.5. The quantitative estimate of drug-likeness (QED) is 0.197. The van der Waals surface area contributed by atoms with Crippen molar-refractivity contribution in [1.82, 2.24) is 4.72 Å². The van der Waals surface area contributed by atoms with Gasteiger partial charge in [-0.1, -0.05) is 97.1 Å². The van der Waals surface area contributed by atoms with Gasteiger partial charge < -0.3 is 4.74 Å². The third-order valence-corrected chi connectivity index (χ3v) is 8.72. The fourth-order valence-corrected chi connectivity index (χ4v) is 6.06. The summed E-state index contributed by atoms with van der Waals surface area (Å²) in [5.74, 6) is 0.0757. The monoisotopic (exact) mass is 551 g/mol. The summed E-state index contributed by atoms with van der Waals surface area (Å²) in [5, 5.41) is 1.65. The van der Waals surface area contributed by atoms with Gasteiger partial charge in [0.15, 0.2) is 0 Å². The molecule has 5 rings (SSSR count). The summed E-state index contributed by atoms with van der Waals surface area (Å²) >= 11 is 1.05. The molecule has 1 heterocycles. The molecular weight excluding hydrogens is 526 g/mol. The fourth-order valence-electron chi connectivity index (χ4n) is 4.12. The number of amides is 1. The Hall–Kier alpha value is -4.46. The number of hydrogen-bond acceptors (Lipinski definition) is 5. The maximum atomic E-state index is 12.4. The second-order valence-electron chi connectivity index (χ2n) is 8.67. The van der Waals surface area contributed by atoms with Crippen LogP contribution in [0.5, 0.6) is 5.75 Å². The number of ether oxygens (including phenoxy) is 1. The number of para-hydroxylation sites is 1. The average molecular weight is 552 g/mol. The first-order chi connectivity index (χ1) is 19.0. The highest BCUT2D eigenvalue weighted by Crippen LogP contribution is 2.34. The maximum Gasteiger partial charge on any atom is 0.273 e. The molecule has 39 heavy (non-hydrogen) atoms. The second kappa shape index (κ2) is 11.9. The Morgan fingerprint density at radius 2 is 1.46 bits per heavy atom. The van der Waals surface area contributed by atoms with Crippen LogP contribution in [0.2, 0.25) is 0 Å². The first kappa shape index (κ1) is 26.2. The number of benzene rings is 4. The molecule has 0 fully saturated rings. The van der Waals surface area contributed by atoms with Crippen LogP contribution in [0.4, 0.5) is 0 Å². The topological polar surface area (TPSA) is 72.5 Å². The summed E-state index contributed by atoms with van der Waals surface area (Å²) in [6.45, 7) is 0.468. The van der Waals surface area contributed by atoms with E-state index in [1.807, 2.05) is 97.1 Å². The average Bonchev–Trinajstić information content (AvgIpc) is 3.52. The van der Waals surface area contributed by atoms with Crippen molar-refractivity contribution in [2.75, 3.05) is 0 Å². The highest BCUT2D eigenvalue weighted by molar-refractivity contribution is 7.92. The van der Waals surface area contributed by atoms with Crippen LogP contribution in [0.25, 0.3) is 28.3 Å². The predicted molar refractivity (Wildman–Crippen MR) is 157 cm³/mol. The summed E-state index contributed by atoms with van der Waals surface area (Å²) in [7, 11) is -3.89. The zero-order valence-corrected chi connectivity index (χ0v) is 22.5. The molecule has 1 N–H and O–H groups in total. The third kappa shape index (κ3) is 6.52. The van der Waals surface area contributed by atoms with Gasteiger partial charge in [-0.2, -0.15) is 0 Å². The number of hydrogen-bond donors (Lipinski definition) is 1. The van der Waals surface area contributed by atoms with Crippen molar-refractivity contribution >= 4 is 33.3 Å². The smallest absolute Gasteiger partial charge is 0.273 e. The lowest BCUT2D eigenvalue weighted by atomic mass is 9.95. The minimum absolute atomic E-state index is 0.0921. The molecule has 0 atom stereocenters. The van der Waals surface area contributed by atoms with Crippen LogP contribution in [0.15, 0.2) is 131 Å². The van der Waals surface area contributed by atoms with Crippen LogP contribution in [0.3, 0.4) is 0 Å². The van der Waals surface area contributed by atoms with Crippen LogP contribution in [-0.2, 0) is 21.4 Å². The van der Waals surface area contributed by atoms with E-state index < -0.39 is 15.9 Å². The van der Waals surface area contributed by atoms with E-state index in [0.29, 0.717) is 6.61 Å². The summed E-state index contributed by atoms with van der Waals surface area (Å²) in [4.78, 5) is 12.4. The summed E-state index contributed by atoms with van der Waals surface area (Å²) in [6, 6.07) is 36.8. The van der Waals surface area contributed by atoms with E-state index in [0.717, 1.165) is 50.5 Å². The summed E-state index contributed by atoms with van der Waals surface area (Å²) in [6.07, 6.45) is 2.86. The highest BCUT2D eigenvalue weighted by atomic mass is 32.2. The van der Waals surface area contributed by atoms with Gasteiger partial charge in [0.1, 0.15) is 16.6 Å². The van der Waals surface area contributed by atoms with Gasteiger partial charge in [-0.05, 0) is 57.5 Å². The zero-order chi connectivity index (χ0) is 27.1. The highest BCUT2D eigenvalue weighted by Gasteiger charge is 2.17. The van der Waals surface area contributed by atoms with Crippen LogP contribution < -0.4 is 9.46 Å². The molecule has 0 radical (unpaired) electrons. The molecule has 0 aliphatic carbocycles. The van der Waals surface area contributed by atoms with E-state index in [4.69, 9.17) is 4.74 Å². The molecule has 5 aromatic rings. The van der Waals surface area contributed by atoms with E-state index in [2.05, 4.69) is 10.8 Å². The van der Waals surface area contributed by atoms with Gasteiger partial charge in [0.05, 0.1) is 0 Å². The number of carbonyl (C=O) groups is 1. The van der Waals surface area contributed by atoms with E-state index in [-0.39, 0.29) is 4.21 Å². The molecular formula is C32H25NO4S2. The molecule has 0 saturated heterocycles. The van der Waals surface area contributed by atoms with Crippen molar-refractivity contribution in [2.24, 2.45) is 0 Å². The molecule has 0 unspecified atom stereocenters. The molecule has 0 bridgehead atoms. The number of rotatable bonds is 9. The van der Waals surface area contributed by atoms with Crippen molar-refractivity contribution in [3.8, 4) is 28.0 Å². The van der Waals surface area contributed by atoms with Crippen LogP contribution in [0.1, 0.15) is 11.1 Å². The standard InChI is InChI=1S/C32H25NO4S2/c34-31(33-39(35,36)32-18-9-21-38-32)20-19-25-12-4-5-15-28(25)26-13-8-14-27(22-26)29-16-6-7-17-30(29)37-23-24-10-2-1-3-11-24/h1-22H,23H2,(H,33,34). The number of nitrogens with one attached hydrogen (secondary N) is 1. The van der Waals surface area contributed by atoms with Gasteiger partial charge in [-0.25, -0.2) is 13.1 Å². The van der Waals surface area contributed by atoms with Crippen LogP contribution >= 0.6 is 11.3 Å². The van der Waals surface area contributed by atoms with Crippen molar-refractivity contribution < 1.29 is 17.9 Å². The number of carbonyl (C=O) groups excluding carboxylic acids is 1. The third-order valence-electron chi connectivity index (χ3n) is 5.98. The minimum atomic E-state index is -3.89. The van der Waals surface area contributed by atoms with Gasteiger partial charge in [0, 0.05) is 11.6 Å². The predicted octanol–water partition coefficient (Wildman–Crippen LogP) is 7.18. The fraction of sp³-hybridized carbons (Fsp3) is 0.0312. The van der Waals surface area contributed by atoms with E-state index in [1.54, 1.807) is 17.5 Å².